The number of nitrogens with one attached hydrogen (secondary N) is 1. The van der Waals surface area contributed by atoms with Gasteiger partial charge in [0, 0.05) is 31.9 Å². The molecule has 19 heavy (non-hydrogen) atoms. The number of hydrogen-bond acceptors (Lipinski definition) is 3. The number of rotatable bonds is 5. The lowest BCUT2D eigenvalue weighted by Crippen LogP contribution is -2.39. The van der Waals surface area contributed by atoms with E-state index in [-0.39, 0.29) is 6.04 Å². The van der Waals surface area contributed by atoms with Crippen molar-refractivity contribution in [1.82, 2.24) is 15.0 Å². The molecule has 1 atom stereocenters. The maximum absolute atomic E-state index is 6.01. The van der Waals surface area contributed by atoms with Crippen molar-refractivity contribution in [3.8, 4) is 0 Å². The molecular formula is C13H16Cl2N4. The number of aryl methyl sites for hydroxylation is 1. The van der Waals surface area contributed by atoms with Crippen LogP contribution in [-0.4, -0.2) is 15.6 Å². The molecule has 0 radical (unpaired) electrons. The van der Waals surface area contributed by atoms with Gasteiger partial charge in [0.2, 0.25) is 0 Å². The monoisotopic (exact) mass is 298 g/mol. The molecule has 1 aromatic carbocycles. The minimum absolute atomic E-state index is 0.0957. The minimum Gasteiger partial charge on any atom is -0.338 e. The van der Waals surface area contributed by atoms with E-state index in [1.807, 2.05) is 29.9 Å². The molecule has 0 bridgehead atoms. The van der Waals surface area contributed by atoms with Crippen LogP contribution in [0.3, 0.4) is 0 Å². The Hall–Kier alpha value is -1.07. The van der Waals surface area contributed by atoms with Gasteiger partial charge in [-0.1, -0.05) is 29.3 Å². The molecule has 1 aromatic heterocycles. The Bertz CT molecular complexity index is 553. The molecule has 1 heterocycles. The molecule has 1 unspecified atom stereocenters. The smallest absolute Gasteiger partial charge is 0.109 e. The van der Waals surface area contributed by atoms with Crippen molar-refractivity contribution in [3.63, 3.8) is 0 Å². The number of imidazole rings is 1. The Labute approximate surface area is 122 Å². The van der Waals surface area contributed by atoms with E-state index in [1.54, 1.807) is 12.3 Å². The minimum atomic E-state index is 0.0957. The largest absolute Gasteiger partial charge is 0.338 e. The molecule has 6 heteroatoms. The summed E-state index contributed by atoms with van der Waals surface area (Å²) in [5, 5.41) is 1.12. The maximum Gasteiger partial charge on any atom is 0.109 e. The van der Waals surface area contributed by atoms with Crippen LogP contribution < -0.4 is 11.3 Å². The highest BCUT2D eigenvalue weighted by Gasteiger charge is 2.12. The van der Waals surface area contributed by atoms with Crippen LogP contribution in [0.25, 0.3) is 0 Å². The molecule has 4 nitrogen and oxygen atoms in total. The van der Waals surface area contributed by atoms with E-state index >= 15 is 0 Å². The summed E-state index contributed by atoms with van der Waals surface area (Å²) in [6.07, 6.45) is 5.21. The molecule has 0 spiro atoms. The summed E-state index contributed by atoms with van der Waals surface area (Å²) in [4.78, 5) is 4.30. The van der Waals surface area contributed by atoms with Crippen LogP contribution in [0.15, 0.2) is 30.6 Å². The number of halogens is 2. The topological polar surface area (TPSA) is 55.9 Å². The zero-order chi connectivity index (χ0) is 13.8. The summed E-state index contributed by atoms with van der Waals surface area (Å²) in [5.41, 5.74) is 3.91. The first-order valence-electron chi connectivity index (χ1n) is 5.96. The highest BCUT2D eigenvalue weighted by molar-refractivity contribution is 6.42. The molecule has 0 aliphatic rings. The average molecular weight is 299 g/mol. The Balaban J connectivity index is 2.06. The van der Waals surface area contributed by atoms with Gasteiger partial charge in [-0.15, -0.1) is 0 Å². The summed E-state index contributed by atoms with van der Waals surface area (Å²) < 4.78 is 1.99. The second-order valence-electron chi connectivity index (χ2n) is 4.47. The van der Waals surface area contributed by atoms with Gasteiger partial charge in [-0.2, -0.15) is 0 Å². The normalized spacial score (nSPS) is 12.6. The summed E-state index contributed by atoms with van der Waals surface area (Å²) in [7, 11) is 1.97. The van der Waals surface area contributed by atoms with Crippen LogP contribution in [0, 0.1) is 0 Å². The number of aromatic nitrogens is 2. The second-order valence-corrected chi connectivity index (χ2v) is 5.29. The fraction of sp³-hybridized carbons (Fsp3) is 0.308. The Morgan fingerprint density at radius 2 is 2.11 bits per heavy atom. The van der Waals surface area contributed by atoms with Crippen molar-refractivity contribution in [2.45, 2.75) is 18.9 Å². The number of nitrogens with two attached hydrogens (primary N) is 1. The van der Waals surface area contributed by atoms with Gasteiger partial charge in [0.25, 0.3) is 0 Å². The van der Waals surface area contributed by atoms with Gasteiger partial charge in [-0.3, -0.25) is 11.3 Å². The summed E-state index contributed by atoms with van der Waals surface area (Å²) >= 11 is 11.9. The fourth-order valence-electron chi connectivity index (χ4n) is 1.95. The van der Waals surface area contributed by atoms with Crippen LogP contribution in [0.5, 0.6) is 0 Å². The molecule has 0 saturated carbocycles. The van der Waals surface area contributed by atoms with Gasteiger partial charge in [-0.05, 0) is 24.1 Å². The third-order valence-corrected chi connectivity index (χ3v) is 3.79. The lowest BCUT2D eigenvalue weighted by Gasteiger charge is -2.16. The molecular weight excluding hydrogens is 283 g/mol. The molecule has 102 valence electrons. The molecule has 0 amide bonds. The van der Waals surface area contributed by atoms with Crippen molar-refractivity contribution in [2.75, 3.05) is 0 Å². The van der Waals surface area contributed by atoms with E-state index in [4.69, 9.17) is 29.0 Å². The van der Waals surface area contributed by atoms with Crippen LogP contribution in [0.4, 0.5) is 0 Å². The highest BCUT2D eigenvalue weighted by Crippen LogP contribution is 2.23. The molecule has 0 aliphatic heterocycles. The van der Waals surface area contributed by atoms with Crippen molar-refractivity contribution in [2.24, 2.45) is 12.9 Å². The summed E-state index contributed by atoms with van der Waals surface area (Å²) in [6, 6.07) is 5.72. The van der Waals surface area contributed by atoms with Crippen molar-refractivity contribution in [3.05, 3.63) is 52.0 Å². The molecule has 2 rings (SSSR count). The standard InChI is InChI=1S/C13H16Cl2N4/c1-19-5-4-17-13(19)8-10(18-16)6-9-2-3-11(14)12(15)7-9/h2-5,7,10,18H,6,8,16H2,1H3. The van der Waals surface area contributed by atoms with E-state index in [0.717, 1.165) is 24.2 Å². The second kappa shape index (κ2) is 6.39. The van der Waals surface area contributed by atoms with E-state index in [1.165, 1.54) is 0 Å². The van der Waals surface area contributed by atoms with Gasteiger partial charge < -0.3 is 4.57 Å². The SMILES string of the molecule is Cn1ccnc1CC(Cc1ccc(Cl)c(Cl)c1)NN. The van der Waals surface area contributed by atoms with Crippen molar-refractivity contribution < 1.29 is 0 Å². The predicted octanol–water partition coefficient (Wildman–Crippen LogP) is 2.34. The van der Waals surface area contributed by atoms with Crippen LogP contribution >= 0.6 is 23.2 Å². The predicted molar refractivity (Wildman–Crippen MR) is 78.2 cm³/mol. The summed E-state index contributed by atoms with van der Waals surface area (Å²) in [5.74, 6) is 6.60. The lowest BCUT2D eigenvalue weighted by molar-refractivity contribution is 0.505. The van der Waals surface area contributed by atoms with Crippen LogP contribution in [0.1, 0.15) is 11.4 Å². The molecule has 0 fully saturated rings. The highest BCUT2D eigenvalue weighted by atomic mass is 35.5. The number of hydrogen-bond donors (Lipinski definition) is 2. The first-order chi connectivity index (χ1) is 9.10. The quantitative estimate of drug-likeness (QED) is 0.658. The van der Waals surface area contributed by atoms with Crippen molar-refractivity contribution in [1.29, 1.82) is 0 Å². The zero-order valence-electron chi connectivity index (χ0n) is 10.6. The molecule has 3 N–H and O–H groups in total. The van der Waals surface area contributed by atoms with Gasteiger partial charge in [0.05, 0.1) is 10.0 Å². The fourth-order valence-corrected chi connectivity index (χ4v) is 2.28. The van der Waals surface area contributed by atoms with Crippen LogP contribution in [0.2, 0.25) is 10.0 Å². The number of benzene rings is 1. The summed E-state index contributed by atoms with van der Waals surface area (Å²) in [6.45, 7) is 0. The first kappa shape index (κ1) is 14.3. The van der Waals surface area contributed by atoms with Crippen molar-refractivity contribution >= 4 is 23.2 Å². The third-order valence-electron chi connectivity index (χ3n) is 3.05. The molecule has 2 aromatic rings. The van der Waals surface area contributed by atoms with Crippen LogP contribution in [-0.2, 0) is 19.9 Å². The van der Waals surface area contributed by atoms with E-state index in [9.17, 15) is 0 Å². The van der Waals surface area contributed by atoms with E-state index in [0.29, 0.717) is 10.0 Å². The molecule has 0 aliphatic carbocycles. The third kappa shape index (κ3) is 3.70. The van der Waals surface area contributed by atoms with Gasteiger partial charge in [0.15, 0.2) is 0 Å². The van der Waals surface area contributed by atoms with Gasteiger partial charge >= 0.3 is 0 Å². The van der Waals surface area contributed by atoms with Gasteiger partial charge in [-0.25, -0.2) is 4.98 Å². The van der Waals surface area contributed by atoms with Gasteiger partial charge in [0.1, 0.15) is 5.82 Å². The number of hydrazine groups is 1. The molecule has 0 saturated heterocycles. The average Bonchev–Trinajstić information content (AvgIpc) is 2.78. The van der Waals surface area contributed by atoms with E-state index in [2.05, 4.69) is 10.4 Å². The lowest BCUT2D eigenvalue weighted by atomic mass is 10.0. The Morgan fingerprint density at radius 3 is 2.68 bits per heavy atom. The van der Waals surface area contributed by atoms with E-state index < -0.39 is 0 Å². The Kier molecular flexibility index (Phi) is 4.82. The zero-order valence-corrected chi connectivity index (χ0v) is 12.1. The Morgan fingerprint density at radius 1 is 1.32 bits per heavy atom. The first-order valence-corrected chi connectivity index (χ1v) is 6.72. The maximum atomic E-state index is 6.01. The number of nitrogens with zero attached hydrogens (tertiary/aromatic N) is 2.